The van der Waals surface area contributed by atoms with Gasteiger partial charge in [0.05, 0.1) is 5.57 Å². The first-order valence-electron chi connectivity index (χ1n) is 6.81. The molecule has 0 radical (unpaired) electrons. The molecule has 0 fully saturated rings. The highest BCUT2D eigenvalue weighted by atomic mass is 32.2. The van der Waals surface area contributed by atoms with Crippen LogP contribution < -0.4 is 0 Å². The standard InChI is InChI=1S/C17H22O2S/c1-9-7-10(2)16(12(4)11(9)3)15-8-20(19)14(6)13(5)17(15)18/h7,18H,8H2,1-6H3. The first kappa shape index (κ1) is 15.2. The number of aliphatic hydroxyl groups is 1. The van der Waals surface area contributed by atoms with E-state index in [-0.39, 0.29) is 0 Å². The summed E-state index contributed by atoms with van der Waals surface area (Å²) >= 11 is -1.03. The lowest BCUT2D eigenvalue weighted by Crippen LogP contribution is -2.19. The molecule has 0 saturated heterocycles. The van der Waals surface area contributed by atoms with E-state index in [1.165, 1.54) is 16.7 Å². The summed E-state index contributed by atoms with van der Waals surface area (Å²) in [7, 11) is 0. The molecule has 1 N–H and O–H groups in total. The average molecular weight is 290 g/mol. The summed E-state index contributed by atoms with van der Waals surface area (Å²) in [5.41, 5.74) is 7.44. The maximum Gasteiger partial charge on any atom is 0.140 e. The molecule has 0 amide bonds. The summed E-state index contributed by atoms with van der Waals surface area (Å²) in [6, 6.07) is 2.14. The van der Waals surface area contributed by atoms with E-state index in [4.69, 9.17) is 0 Å². The van der Waals surface area contributed by atoms with Crippen LogP contribution >= 0.6 is 0 Å². The number of aliphatic hydroxyl groups excluding tert-OH is 1. The molecule has 1 aliphatic rings. The maximum absolute atomic E-state index is 12.2. The zero-order chi connectivity index (χ0) is 15.2. The van der Waals surface area contributed by atoms with Crippen LogP contribution in [0.2, 0.25) is 0 Å². The van der Waals surface area contributed by atoms with E-state index in [0.29, 0.717) is 11.5 Å². The Morgan fingerprint density at radius 3 is 2.20 bits per heavy atom. The fraction of sp³-hybridized carbons (Fsp3) is 0.412. The van der Waals surface area contributed by atoms with E-state index in [1.54, 1.807) is 0 Å². The first-order valence-corrected chi connectivity index (χ1v) is 8.13. The lowest BCUT2D eigenvalue weighted by Gasteiger charge is -2.25. The van der Waals surface area contributed by atoms with Crippen molar-refractivity contribution < 1.29 is 9.66 Å². The van der Waals surface area contributed by atoms with Crippen molar-refractivity contribution in [3.8, 4) is 0 Å². The van der Waals surface area contributed by atoms with Crippen LogP contribution in [0, 0.1) is 27.7 Å². The van der Waals surface area contributed by atoms with Crippen molar-refractivity contribution in [2.45, 2.75) is 41.5 Å². The molecule has 2 rings (SSSR count). The van der Waals surface area contributed by atoms with E-state index < -0.39 is 11.2 Å². The Hall–Kier alpha value is -1.19. The summed E-state index contributed by atoms with van der Waals surface area (Å²) < 4.78 is 12.2. The van der Waals surface area contributed by atoms with Gasteiger partial charge in [0.25, 0.3) is 0 Å². The minimum absolute atomic E-state index is 0.302. The Balaban J connectivity index is 2.73. The van der Waals surface area contributed by atoms with E-state index in [1.807, 2.05) is 13.8 Å². The van der Waals surface area contributed by atoms with Crippen LogP contribution in [-0.2, 0) is 11.2 Å². The average Bonchev–Trinajstić information content (AvgIpc) is 2.39. The molecule has 2 nitrogen and oxygen atoms in total. The Bertz CT molecular complexity index is 639. The lowest BCUT2D eigenvalue weighted by molar-refractivity contribution is 0.424. The first-order chi connectivity index (χ1) is 9.25. The highest BCUT2D eigenvalue weighted by Gasteiger charge is 2.29. The van der Waals surface area contributed by atoms with Crippen LogP contribution in [0.15, 0.2) is 22.3 Å². The van der Waals surface area contributed by atoms with Crippen molar-refractivity contribution in [1.29, 1.82) is 0 Å². The minimum Gasteiger partial charge on any atom is -0.611 e. The van der Waals surface area contributed by atoms with Crippen molar-refractivity contribution in [2.24, 2.45) is 0 Å². The monoisotopic (exact) mass is 290 g/mol. The number of allylic oxidation sites excluding steroid dienone is 2. The second-order valence-electron chi connectivity index (χ2n) is 5.63. The van der Waals surface area contributed by atoms with Gasteiger partial charge in [0.2, 0.25) is 0 Å². The van der Waals surface area contributed by atoms with Crippen molar-refractivity contribution in [3.63, 3.8) is 0 Å². The van der Waals surface area contributed by atoms with Gasteiger partial charge >= 0.3 is 0 Å². The molecular formula is C17H22O2S. The largest absolute Gasteiger partial charge is 0.611 e. The van der Waals surface area contributed by atoms with Gasteiger partial charge in [0, 0.05) is 12.5 Å². The molecule has 1 aromatic carbocycles. The molecule has 0 aliphatic carbocycles. The van der Waals surface area contributed by atoms with Crippen LogP contribution in [0.3, 0.4) is 0 Å². The molecule has 0 spiro atoms. The number of hydrogen-bond donors (Lipinski definition) is 1. The Labute approximate surface area is 124 Å². The second-order valence-corrected chi connectivity index (χ2v) is 7.23. The third-order valence-electron chi connectivity index (χ3n) is 4.44. The predicted octanol–water partition coefficient (Wildman–Crippen LogP) is 4.25. The van der Waals surface area contributed by atoms with Crippen LogP contribution in [0.5, 0.6) is 0 Å². The summed E-state index contributed by atoms with van der Waals surface area (Å²) in [6.07, 6.45) is 0. The SMILES string of the molecule is CC1=C(C)[S+]([O-])CC(c2c(C)cc(C)c(C)c2C)=C1O. The minimum atomic E-state index is -1.03. The second kappa shape index (κ2) is 5.30. The smallest absolute Gasteiger partial charge is 0.140 e. The lowest BCUT2D eigenvalue weighted by atomic mass is 9.89. The molecule has 20 heavy (non-hydrogen) atoms. The number of benzene rings is 1. The third kappa shape index (κ3) is 2.29. The van der Waals surface area contributed by atoms with Crippen LogP contribution in [-0.4, -0.2) is 15.4 Å². The van der Waals surface area contributed by atoms with Crippen molar-refractivity contribution in [2.75, 3.05) is 5.75 Å². The molecule has 1 unspecified atom stereocenters. The molecular weight excluding hydrogens is 268 g/mol. The van der Waals surface area contributed by atoms with Crippen molar-refractivity contribution in [1.82, 2.24) is 0 Å². The molecule has 0 aromatic heterocycles. The molecule has 3 heteroatoms. The number of hydrogen-bond acceptors (Lipinski definition) is 2. The predicted molar refractivity (Wildman–Crippen MR) is 86.3 cm³/mol. The molecule has 0 saturated carbocycles. The molecule has 0 bridgehead atoms. The Morgan fingerprint density at radius 1 is 1.00 bits per heavy atom. The normalized spacial score (nSPS) is 19.9. The van der Waals surface area contributed by atoms with Crippen molar-refractivity contribution in [3.05, 3.63) is 50.1 Å². The van der Waals surface area contributed by atoms with Crippen LogP contribution in [0.1, 0.15) is 41.7 Å². The molecule has 1 aliphatic heterocycles. The maximum atomic E-state index is 12.2. The van der Waals surface area contributed by atoms with Gasteiger partial charge in [-0.3, -0.25) is 0 Å². The molecule has 1 aromatic rings. The van der Waals surface area contributed by atoms with Gasteiger partial charge in [0.1, 0.15) is 16.4 Å². The highest BCUT2D eigenvalue weighted by molar-refractivity contribution is 7.95. The molecule has 108 valence electrons. The fourth-order valence-electron chi connectivity index (χ4n) is 2.81. The van der Waals surface area contributed by atoms with Gasteiger partial charge in [0.15, 0.2) is 0 Å². The topological polar surface area (TPSA) is 43.3 Å². The third-order valence-corrected chi connectivity index (χ3v) is 5.98. The highest BCUT2D eigenvalue weighted by Crippen LogP contribution is 2.37. The summed E-state index contributed by atoms with van der Waals surface area (Å²) in [4.78, 5) is 0.783. The van der Waals surface area contributed by atoms with Crippen LogP contribution in [0.4, 0.5) is 0 Å². The van der Waals surface area contributed by atoms with Gasteiger partial charge < -0.3 is 9.66 Å². The Morgan fingerprint density at radius 2 is 1.60 bits per heavy atom. The fourth-order valence-corrected chi connectivity index (χ4v) is 4.01. The van der Waals surface area contributed by atoms with Gasteiger partial charge in [-0.25, -0.2) is 0 Å². The Kier molecular flexibility index (Phi) is 4.03. The van der Waals surface area contributed by atoms with Crippen LogP contribution in [0.25, 0.3) is 5.57 Å². The number of aryl methyl sites for hydroxylation is 2. The van der Waals surface area contributed by atoms with Gasteiger partial charge in [-0.1, -0.05) is 6.07 Å². The zero-order valence-electron chi connectivity index (χ0n) is 13.0. The molecule has 1 heterocycles. The summed E-state index contributed by atoms with van der Waals surface area (Å²) in [5.74, 6) is 0.704. The van der Waals surface area contributed by atoms with E-state index >= 15 is 0 Å². The summed E-state index contributed by atoms with van der Waals surface area (Å²) in [5, 5.41) is 10.5. The van der Waals surface area contributed by atoms with E-state index in [0.717, 1.165) is 27.2 Å². The summed E-state index contributed by atoms with van der Waals surface area (Å²) in [6.45, 7) is 12.0. The number of rotatable bonds is 1. The van der Waals surface area contributed by atoms with Gasteiger partial charge in [-0.05, 0) is 73.6 Å². The zero-order valence-corrected chi connectivity index (χ0v) is 13.9. The van der Waals surface area contributed by atoms with Gasteiger partial charge in [-0.2, -0.15) is 0 Å². The van der Waals surface area contributed by atoms with E-state index in [2.05, 4.69) is 33.8 Å². The van der Waals surface area contributed by atoms with E-state index in [9.17, 15) is 9.66 Å². The van der Waals surface area contributed by atoms with Gasteiger partial charge in [-0.15, -0.1) is 0 Å². The quantitative estimate of drug-likeness (QED) is 0.786. The van der Waals surface area contributed by atoms with Crippen molar-refractivity contribution >= 4 is 16.7 Å². The molecule has 1 atom stereocenters.